The van der Waals surface area contributed by atoms with E-state index in [1.165, 1.54) is 11.8 Å². The predicted molar refractivity (Wildman–Crippen MR) is 106 cm³/mol. The summed E-state index contributed by atoms with van der Waals surface area (Å²) in [5, 5.41) is 5.03. The quantitative estimate of drug-likeness (QED) is 0.506. The van der Waals surface area contributed by atoms with Crippen LogP contribution in [0.4, 0.5) is 5.69 Å². The summed E-state index contributed by atoms with van der Waals surface area (Å²) in [6.07, 6.45) is 0. The van der Waals surface area contributed by atoms with Crippen molar-refractivity contribution in [1.29, 1.82) is 0 Å². The van der Waals surface area contributed by atoms with Crippen molar-refractivity contribution in [3.8, 4) is 0 Å². The van der Waals surface area contributed by atoms with Crippen LogP contribution < -0.4 is 5.32 Å². The molecule has 0 bridgehead atoms. The van der Waals surface area contributed by atoms with Crippen LogP contribution in [0.5, 0.6) is 0 Å². The summed E-state index contributed by atoms with van der Waals surface area (Å²) in [6, 6.07) is 21.0. The Kier molecular flexibility index (Phi) is 5.92. The molecule has 0 aliphatic carbocycles. The van der Waals surface area contributed by atoms with Gasteiger partial charge in [-0.2, -0.15) is 0 Å². The molecule has 0 aliphatic heterocycles. The van der Waals surface area contributed by atoms with Crippen molar-refractivity contribution >= 4 is 40.1 Å². The van der Waals surface area contributed by atoms with Crippen molar-refractivity contribution in [2.75, 3.05) is 17.7 Å². The number of amides is 1. The van der Waals surface area contributed by atoms with Gasteiger partial charge in [0.05, 0.1) is 12.4 Å². The number of anilines is 1. The highest BCUT2D eigenvalue weighted by atomic mass is 32.2. The number of carbonyl (C=O) groups excluding carboxylic acids is 2. The maximum absolute atomic E-state index is 12.5. The fourth-order valence-electron chi connectivity index (χ4n) is 2.51. The van der Waals surface area contributed by atoms with Gasteiger partial charge in [-0.1, -0.05) is 30.3 Å². The minimum Gasteiger partial charge on any atom is -0.465 e. The molecule has 0 atom stereocenters. The zero-order valence-electron chi connectivity index (χ0n) is 14.4. The van der Waals surface area contributed by atoms with Gasteiger partial charge in [-0.25, -0.2) is 0 Å². The first-order chi connectivity index (χ1) is 12.7. The molecule has 132 valence electrons. The van der Waals surface area contributed by atoms with Gasteiger partial charge in [-0.15, -0.1) is 11.8 Å². The Labute approximate surface area is 156 Å². The predicted octanol–water partition coefficient (Wildman–Crippen LogP) is 4.75. The molecular weight excluding hydrogens is 346 g/mol. The first kappa shape index (κ1) is 18.0. The summed E-state index contributed by atoms with van der Waals surface area (Å²) >= 11 is 1.41. The van der Waals surface area contributed by atoms with Crippen molar-refractivity contribution in [3.05, 3.63) is 72.3 Å². The molecular formula is C21H19NO3S. The van der Waals surface area contributed by atoms with E-state index in [1.54, 1.807) is 6.92 Å². The summed E-state index contributed by atoms with van der Waals surface area (Å²) < 4.78 is 4.90. The molecule has 1 amide bonds. The average Bonchev–Trinajstić information content (AvgIpc) is 2.67. The average molecular weight is 365 g/mol. The number of fused-ring (bicyclic) bond motifs is 1. The van der Waals surface area contributed by atoms with Gasteiger partial charge in [0.1, 0.15) is 0 Å². The summed E-state index contributed by atoms with van der Waals surface area (Å²) in [4.78, 5) is 24.8. The Hall–Kier alpha value is -2.79. The molecule has 0 aromatic heterocycles. The lowest BCUT2D eigenvalue weighted by Crippen LogP contribution is -2.11. The van der Waals surface area contributed by atoms with Crippen molar-refractivity contribution in [3.63, 3.8) is 0 Å². The van der Waals surface area contributed by atoms with Crippen LogP contribution in [0.15, 0.2) is 71.6 Å². The molecule has 0 fully saturated rings. The maximum Gasteiger partial charge on any atom is 0.316 e. The van der Waals surface area contributed by atoms with E-state index >= 15 is 0 Å². The molecule has 3 aromatic carbocycles. The lowest BCUT2D eigenvalue weighted by Gasteiger charge is -2.07. The number of nitrogens with one attached hydrogen (secondary N) is 1. The molecule has 26 heavy (non-hydrogen) atoms. The largest absolute Gasteiger partial charge is 0.465 e. The van der Waals surface area contributed by atoms with Crippen LogP contribution in [0, 0.1) is 0 Å². The molecule has 3 aromatic rings. The van der Waals surface area contributed by atoms with Crippen LogP contribution in [0.1, 0.15) is 17.3 Å². The molecule has 4 nitrogen and oxygen atoms in total. The smallest absolute Gasteiger partial charge is 0.316 e. The van der Waals surface area contributed by atoms with Crippen molar-refractivity contribution in [2.45, 2.75) is 11.8 Å². The summed E-state index contributed by atoms with van der Waals surface area (Å²) in [6.45, 7) is 2.18. The van der Waals surface area contributed by atoms with Crippen molar-refractivity contribution in [1.82, 2.24) is 0 Å². The number of thioether (sulfide) groups is 1. The Morgan fingerprint density at radius 3 is 2.42 bits per heavy atom. The van der Waals surface area contributed by atoms with E-state index in [0.29, 0.717) is 17.9 Å². The number of hydrogen-bond acceptors (Lipinski definition) is 4. The van der Waals surface area contributed by atoms with Gasteiger partial charge >= 0.3 is 5.97 Å². The third-order valence-electron chi connectivity index (χ3n) is 3.79. The second-order valence-electron chi connectivity index (χ2n) is 5.63. The van der Waals surface area contributed by atoms with E-state index < -0.39 is 0 Å². The number of hydrogen-bond donors (Lipinski definition) is 1. The minimum atomic E-state index is -0.230. The number of benzene rings is 3. The van der Waals surface area contributed by atoms with E-state index in [2.05, 4.69) is 5.32 Å². The monoisotopic (exact) mass is 365 g/mol. The molecule has 0 unspecified atom stereocenters. The maximum atomic E-state index is 12.5. The van der Waals surface area contributed by atoms with Gasteiger partial charge in [0.15, 0.2) is 0 Å². The van der Waals surface area contributed by atoms with Gasteiger partial charge in [-0.05, 0) is 54.1 Å². The highest BCUT2D eigenvalue weighted by Crippen LogP contribution is 2.21. The van der Waals surface area contributed by atoms with Crippen LogP contribution in [0.25, 0.3) is 10.8 Å². The molecule has 0 aliphatic rings. The second-order valence-corrected chi connectivity index (χ2v) is 6.68. The van der Waals surface area contributed by atoms with Crippen LogP contribution in [-0.2, 0) is 9.53 Å². The number of carbonyl (C=O) groups is 2. The van der Waals surface area contributed by atoms with Gasteiger partial charge in [-0.3, -0.25) is 9.59 Å². The van der Waals surface area contributed by atoms with Crippen LogP contribution >= 0.6 is 11.8 Å². The van der Waals surface area contributed by atoms with E-state index in [4.69, 9.17) is 4.74 Å². The standard InChI is InChI=1S/C21H19NO3S/c1-2-25-20(23)14-26-19-11-9-18(10-12-19)22-21(24)17-8-7-15-5-3-4-6-16(15)13-17/h3-13H,2,14H2,1H3,(H,22,24). The lowest BCUT2D eigenvalue weighted by atomic mass is 10.1. The molecule has 3 rings (SSSR count). The molecule has 0 saturated carbocycles. The summed E-state index contributed by atoms with van der Waals surface area (Å²) in [5.41, 5.74) is 1.33. The van der Waals surface area contributed by atoms with E-state index in [1.807, 2.05) is 66.7 Å². The van der Waals surface area contributed by atoms with Crippen LogP contribution in [0.2, 0.25) is 0 Å². The zero-order valence-corrected chi connectivity index (χ0v) is 15.2. The third-order valence-corrected chi connectivity index (χ3v) is 4.77. The SMILES string of the molecule is CCOC(=O)CSc1ccc(NC(=O)c2ccc3ccccc3c2)cc1. The fraction of sp³-hybridized carbons (Fsp3) is 0.143. The van der Waals surface area contributed by atoms with Crippen LogP contribution in [0.3, 0.4) is 0 Å². The summed E-state index contributed by atoms with van der Waals surface area (Å²) in [5.74, 6) is -0.106. The Morgan fingerprint density at radius 1 is 0.962 bits per heavy atom. The minimum absolute atomic E-state index is 0.150. The fourth-order valence-corrected chi connectivity index (χ4v) is 3.21. The highest BCUT2D eigenvalue weighted by molar-refractivity contribution is 8.00. The normalized spacial score (nSPS) is 10.5. The van der Waals surface area contributed by atoms with Crippen molar-refractivity contribution < 1.29 is 14.3 Å². The number of esters is 1. The van der Waals surface area contributed by atoms with Crippen LogP contribution in [-0.4, -0.2) is 24.2 Å². The van der Waals surface area contributed by atoms with Gasteiger partial charge < -0.3 is 10.1 Å². The molecule has 1 N–H and O–H groups in total. The molecule has 0 saturated heterocycles. The first-order valence-electron chi connectivity index (χ1n) is 8.34. The highest BCUT2D eigenvalue weighted by Gasteiger charge is 2.08. The van der Waals surface area contributed by atoms with E-state index in [9.17, 15) is 9.59 Å². The first-order valence-corrected chi connectivity index (χ1v) is 9.33. The number of rotatable bonds is 6. The number of ether oxygens (including phenoxy) is 1. The van der Waals surface area contributed by atoms with Gasteiger partial charge in [0, 0.05) is 16.1 Å². The van der Waals surface area contributed by atoms with E-state index in [0.717, 1.165) is 15.7 Å². The van der Waals surface area contributed by atoms with Gasteiger partial charge in [0.25, 0.3) is 5.91 Å². The third kappa shape index (κ3) is 4.64. The molecule has 0 spiro atoms. The topological polar surface area (TPSA) is 55.4 Å². The zero-order chi connectivity index (χ0) is 18.4. The molecule has 0 heterocycles. The second kappa shape index (κ2) is 8.54. The van der Waals surface area contributed by atoms with Gasteiger partial charge in [0.2, 0.25) is 0 Å². The van der Waals surface area contributed by atoms with E-state index in [-0.39, 0.29) is 17.6 Å². The van der Waals surface area contributed by atoms with Crippen molar-refractivity contribution in [2.24, 2.45) is 0 Å². The Bertz CT molecular complexity index is 922. The lowest BCUT2D eigenvalue weighted by molar-refractivity contribution is -0.139. The summed E-state index contributed by atoms with van der Waals surface area (Å²) in [7, 11) is 0. The Balaban J connectivity index is 1.62. The molecule has 0 radical (unpaired) electrons. The molecule has 5 heteroatoms. The Morgan fingerprint density at radius 2 is 1.69 bits per heavy atom.